The Bertz CT molecular complexity index is 366. The maximum atomic E-state index is 13.4. The second kappa shape index (κ2) is 5.31. The molecule has 0 aromatic heterocycles. The van der Waals surface area contributed by atoms with Gasteiger partial charge >= 0.3 is 0 Å². The van der Waals surface area contributed by atoms with Crippen LogP contribution in [0.2, 0.25) is 0 Å². The van der Waals surface area contributed by atoms with Crippen LogP contribution in [0, 0.1) is 5.82 Å². The number of amidine groups is 1. The van der Waals surface area contributed by atoms with E-state index in [-0.39, 0.29) is 11.7 Å². The van der Waals surface area contributed by atoms with Crippen molar-refractivity contribution in [2.75, 3.05) is 6.54 Å². The Morgan fingerprint density at radius 3 is 2.87 bits per heavy atom. The van der Waals surface area contributed by atoms with Crippen LogP contribution in [0.1, 0.15) is 18.1 Å². The molecule has 0 heterocycles. The molecular weight excluding hydrogens is 197 g/mol. The van der Waals surface area contributed by atoms with Gasteiger partial charge in [-0.2, -0.15) is 0 Å². The highest BCUT2D eigenvalue weighted by atomic mass is 19.1. The fraction of sp³-hybridized carbons (Fsp3) is 0.300. The van der Waals surface area contributed by atoms with Crippen molar-refractivity contribution in [2.24, 2.45) is 10.9 Å². The van der Waals surface area contributed by atoms with Crippen LogP contribution >= 0.6 is 0 Å². The number of halogens is 1. The zero-order valence-electron chi connectivity index (χ0n) is 8.50. The average Bonchev–Trinajstić information content (AvgIpc) is 2.26. The molecule has 4 nitrogen and oxygen atoms in total. The van der Waals surface area contributed by atoms with Crippen LogP contribution in [0.15, 0.2) is 23.4 Å². The molecule has 0 spiro atoms. The van der Waals surface area contributed by atoms with Gasteiger partial charge in [0.25, 0.3) is 0 Å². The van der Waals surface area contributed by atoms with E-state index in [1.165, 1.54) is 6.07 Å². The van der Waals surface area contributed by atoms with Gasteiger partial charge < -0.3 is 16.3 Å². The Morgan fingerprint density at radius 1 is 1.60 bits per heavy atom. The van der Waals surface area contributed by atoms with E-state index in [1.54, 1.807) is 12.1 Å². The van der Waals surface area contributed by atoms with Crippen LogP contribution in [-0.2, 0) is 6.54 Å². The molecule has 82 valence electrons. The van der Waals surface area contributed by atoms with E-state index in [4.69, 9.17) is 10.9 Å². The number of oxime groups is 1. The van der Waals surface area contributed by atoms with Gasteiger partial charge in [0.05, 0.1) is 0 Å². The van der Waals surface area contributed by atoms with Crippen molar-refractivity contribution in [3.8, 4) is 0 Å². The molecule has 0 aliphatic rings. The van der Waals surface area contributed by atoms with Gasteiger partial charge in [-0.05, 0) is 12.6 Å². The first kappa shape index (κ1) is 11.5. The monoisotopic (exact) mass is 211 g/mol. The standard InChI is InChI=1S/C10H14FN3O/c1-2-13-6-8-4-3-7(5-9(8)11)10(12)14-15/h3-5,13,15H,2,6H2,1H3,(H2,12,14). The number of nitrogens with two attached hydrogens (primary N) is 1. The van der Waals surface area contributed by atoms with Crippen molar-refractivity contribution in [1.82, 2.24) is 5.32 Å². The van der Waals surface area contributed by atoms with Crippen LogP contribution in [-0.4, -0.2) is 17.6 Å². The molecule has 0 bridgehead atoms. The summed E-state index contributed by atoms with van der Waals surface area (Å²) >= 11 is 0. The van der Waals surface area contributed by atoms with Gasteiger partial charge in [0.2, 0.25) is 0 Å². The number of hydrogen-bond donors (Lipinski definition) is 3. The molecule has 0 unspecified atom stereocenters. The molecule has 4 N–H and O–H groups in total. The lowest BCUT2D eigenvalue weighted by Gasteiger charge is -2.05. The van der Waals surface area contributed by atoms with Crippen molar-refractivity contribution in [2.45, 2.75) is 13.5 Å². The predicted molar refractivity (Wildman–Crippen MR) is 56.3 cm³/mol. The molecule has 0 aliphatic heterocycles. The normalized spacial score (nSPS) is 11.7. The maximum absolute atomic E-state index is 13.4. The van der Waals surface area contributed by atoms with Gasteiger partial charge in [0.1, 0.15) is 5.82 Å². The second-order valence-corrected chi connectivity index (χ2v) is 3.07. The van der Waals surface area contributed by atoms with Crippen molar-refractivity contribution in [3.05, 3.63) is 35.1 Å². The summed E-state index contributed by atoms with van der Waals surface area (Å²) in [7, 11) is 0. The van der Waals surface area contributed by atoms with E-state index in [2.05, 4.69) is 10.5 Å². The van der Waals surface area contributed by atoms with E-state index in [9.17, 15) is 4.39 Å². The van der Waals surface area contributed by atoms with Gasteiger partial charge in [-0.25, -0.2) is 4.39 Å². The summed E-state index contributed by atoms with van der Waals surface area (Å²) in [6, 6.07) is 4.48. The Morgan fingerprint density at radius 2 is 2.33 bits per heavy atom. The fourth-order valence-electron chi connectivity index (χ4n) is 1.17. The predicted octanol–water partition coefficient (Wildman–Crippen LogP) is 1.03. The topological polar surface area (TPSA) is 70.6 Å². The summed E-state index contributed by atoms with van der Waals surface area (Å²) in [6.07, 6.45) is 0. The molecule has 5 heteroatoms. The Labute approximate surface area is 87.6 Å². The van der Waals surface area contributed by atoms with E-state index in [1.807, 2.05) is 6.92 Å². The minimum atomic E-state index is -0.361. The molecule has 1 rings (SSSR count). The van der Waals surface area contributed by atoms with Crippen molar-refractivity contribution < 1.29 is 9.60 Å². The first-order valence-electron chi connectivity index (χ1n) is 4.66. The number of rotatable bonds is 4. The summed E-state index contributed by atoms with van der Waals surface area (Å²) in [5, 5.41) is 14.2. The minimum absolute atomic E-state index is 0.0936. The largest absolute Gasteiger partial charge is 0.409 e. The van der Waals surface area contributed by atoms with Crippen LogP contribution in [0.5, 0.6) is 0 Å². The first-order chi connectivity index (χ1) is 7.19. The fourth-order valence-corrected chi connectivity index (χ4v) is 1.17. The zero-order chi connectivity index (χ0) is 11.3. The summed E-state index contributed by atoms with van der Waals surface area (Å²) < 4.78 is 13.4. The van der Waals surface area contributed by atoms with E-state index in [0.717, 1.165) is 6.54 Å². The maximum Gasteiger partial charge on any atom is 0.170 e. The Balaban J connectivity index is 2.88. The van der Waals surface area contributed by atoms with E-state index >= 15 is 0 Å². The van der Waals surface area contributed by atoms with Gasteiger partial charge in [-0.15, -0.1) is 0 Å². The second-order valence-electron chi connectivity index (χ2n) is 3.07. The summed E-state index contributed by atoms with van der Waals surface area (Å²) in [5.74, 6) is -0.455. The summed E-state index contributed by atoms with van der Waals surface area (Å²) in [4.78, 5) is 0. The Kier molecular flexibility index (Phi) is 4.05. The third-order valence-corrected chi connectivity index (χ3v) is 2.02. The molecule has 1 aromatic rings. The van der Waals surface area contributed by atoms with Crippen LogP contribution in [0.25, 0.3) is 0 Å². The highest BCUT2D eigenvalue weighted by molar-refractivity contribution is 5.97. The van der Waals surface area contributed by atoms with Crippen molar-refractivity contribution >= 4 is 5.84 Å². The first-order valence-corrected chi connectivity index (χ1v) is 4.66. The van der Waals surface area contributed by atoms with E-state index < -0.39 is 0 Å². The summed E-state index contributed by atoms with van der Waals surface area (Å²) in [6.45, 7) is 3.20. The van der Waals surface area contributed by atoms with E-state index in [0.29, 0.717) is 17.7 Å². The molecule has 0 saturated carbocycles. The lowest BCUT2D eigenvalue weighted by Crippen LogP contribution is -2.16. The molecule has 0 atom stereocenters. The quantitative estimate of drug-likeness (QED) is 0.301. The number of nitrogens with one attached hydrogen (secondary N) is 1. The highest BCUT2D eigenvalue weighted by Crippen LogP contribution is 2.10. The molecule has 0 amide bonds. The molecular formula is C10H14FN3O. The molecule has 0 saturated heterocycles. The van der Waals surface area contributed by atoms with Gasteiger partial charge in [-0.3, -0.25) is 0 Å². The number of nitrogens with zero attached hydrogens (tertiary/aromatic N) is 1. The van der Waals surface area contributed by atoms with Crippen LogP contribution in [0.3, 0.4) is 0 Å². The highest BCUT2D eigenvalue weighted by Gasteiger charge is 2.05. The molecule has 0 fully saturated rings. The molecule has 0 aliphatic carbocycles. The SMILES string of the molecule is CCNCc1ccc(C(N)=NO)cc1F. The van der Waals surface area contributed by atoms with Gasteiger partial charge in [0, 0.05) is 17.7 Å². The third-order valence-electron chi connectivity index (χ3n) is 2.02. The van der Waals surface area contributed by atoms with Crippen LogP contribution < -0.4 is 11.1 Å². The number of hydrogen-bond acceptors (Lipinski definition) is 3. The number of benzene rings is 1. The summed E-state index contributed by atoms with van der Waals surface area (Å²) in [5.41, 5.74) is 6.26. The van der Waals surface area contributed by atoms with Crippen molar-refractivity contribution in [3.63, 3.8) is 0 Å². The lowest BCUT2D eigenvalue weighted by atomic mass is 10.1. The van der Waals surface area contributed by atoms with Crippen LogP contribution in [0.4, 0.5) is 4.39 Å². The van der Waals surface area contributed by atoms with Gasteiger partial charge in [0.15, 0.2) is 5.84 Å². The molecule has 1 aromatic carbocycles. The lowest BCUT2D eigenvalue weighted by molar-refractivity contribution is 0.318. The molecule has 0 radical (unpaired) electrons. The van der Waals surface area contributed by atoms with Gasteiger partial charge in [-0.1, -0.05) is 24.2 Å². The van der Waals surface area contributed by atoms with Crippen molar-refractivity contribution in [1.29, 1.82) is 0 Å². The average molecular weight is 211 g/mol. The smallest absolute Gasteiger partial charge is 0.170 e. The molecule has 15 heavy (non-hydrogen) atoms. The third kappa shape index (κ3) is 2.92. The zero-order valence-corrected chi connectivity index (χ0v) is 8.50. The Hall–Kier alpha value is -1.62. The minimum Gasteiger partial charge on any atom is -0.409 e.